The summed E-state index contributed by atoms with van der Waals surface area (Å²) in [4.78, 5) is 33.0. The lowest BCUT2D eigenvalue weighted by molar-refractivity contribution is -0.384. The molecule has 0 spiro atoms. The molecule has 6 nitrogen and oxygen atoms in total. The number of rotatable bonds is 3. The van der Waals surface area contributed by atoms with Gasteiger partial charge in [0.1, 0.15) is 0 Å². The van der Waals surface area contributed by atoms with Crippen LogP contribution < -0.4 is 0 Å². The fraction of sp³-hybridized carbons (Fsp3) is 0.111. The van der Waals surface area contributed by atoms with Crippen molar-refractivity contribution in [2.24, 2.45) is 0 Å². The first-order valence-corrected chi connectivity index (χ1v) is 5.06. The van der Waals surface area contributed by atoms with Crippen molar-refractivity contribution < 1.29 is 27.5 Å². The summed E-state index contributed by atoms with van der Waals surface area (Å²) >= 11 is 0. The van der Waals surface area contributed by atoms with Crippen LogP contribution in [0.5, 0.6) is 0 Å². The van der Waals surface area contributed by atoms with Gasteiger partial charge in [-0.1, -0.05) is 0 Å². The number of carbonyl (C=O) groups is 2. The van der Waals surface area contributed by atoms with Gasteiger partial charge in [-0.2, -0.15) is 0 Å². The van der Waals surface area contributed by atoms with Gasteiger partial charge in [0.15, 0.2) is 0 Å². The Balaban J connectivity index is 2.42. The highest BCUT2D eigenvalue weighted by Crippen LogP contribution is 2.28. The van der Waals surface area contributed by atoms with E-state index in [1.54, 1.807) is 0 Å². The molecule has 100 valence electrons. The molecule has 1 aliphatic rings. The van der Waals surface area contributed by atoms with Gasteiger partial charge in [0.25, 0.3) is 17.5 Å². The third kappa shape index (κ3) is 2.28. The third-order valence-electron chi connectivity index (χ3n) is 2.55. The average molecular weight is 273 g/mol. The molecule has 0 aromatic heterocycles. The first kappa shape index (κ1) is 13.1. The van der Waals surface area contributed by atoms with Crippen molar-refractivity contribution in [3.8, 4) is 0 Å². The normalized spacial score (nSPS) is 14.8. The lowest BCUT2D eigenvalue weighted by atomic mass is 9.91. The highest BCUT2D eigenvalue weighted by Gasteiger charge is 2.40. The molecule has 0 saturated heterocycles. The Kier molecular flexibility index (Phi) is 2.80. The molecule has 10 heteroatoms. The van der Waals surface area contributed by atoms with Crippen molar-refractivity contribution in [3.05, 3.63) is 39.4 Å². The fourth-order valence-corrected chi connectivity index (χ4v) is 1.77. The maximum Gasteiger partial charge on any atom is 0.497 e. The number of hydrogen-bond acceptors (Lipinski definition) is 4. The predicted octanol–water partition coefficient (Wildman–Crippen LogP) is 1.58. The second-order valence-electron chi connectivity index (χ2n) is 3.92. The van der Waals surface area contributed by atoms with Gasteiger partial charge in [0, 0.05) is 12.1 Å². The van der Waals surface area contributed by atoms with Crippen LogP contribution in [-0.2, 0) is 0 Å². The number of hydrogen-bond donors (Lipinski definition) is 0. The molecule has 1 aromatic rings. The van der Waals surface area contributed by atoms with Crippen LogP contribution >= 0.6 is 0 Å². The van der Waals surface area contributed by atoms with Crippen LogP contribution in [0.1, 0.15) is 20.7 Å². The number of halogens is 3. The zero-order valence-electron chi connectivity index (χ0n) is 9.18. The van der Waals surface area contributed by atoms with Crippen molar-refractivity contribution in [1.29, 1.82) is 0 Å². The molecule has 2 rings (SSSR count). The summed E-state index contributed by atoms with van der Waals surface area (Å²) in [5.74, 6) is -2.25. The summed E-state index contributed by atoms with van der Waals surface area (Å²) in [6.07, 6.45) is -1.65. The zero-order valence-corrected chi connectivity index (χ0v) is 9.18. The molecule has 0 radical (unpaired) electrons. The Morgan fingerprint density at radius 1 is 1.16 bits per heavy atom. The summed E-state index contributed by atoms with van der Waals surface area (Å²) in [6, 6.07) is 2.75. The van der Waals surface area contributed by atoms with E-state index < -0.39 is 35.8 Å². The number of nitro groups is 1. The first-order chi connectivity index (χ1) is 8.70. The van der Waals surface area contributed by atoms with Crippen molar-refractivity contribution in [2.75, 3.05) is 6.44 Å². The van der Waals surface area contributed by atoms with E-state index in [2.05, 4.69) is 0 Å². The van der Waals surface area contributed by atoms with E-state index in [1.807, 2.05) is 0 Å². The number of fused-ring (bicyclic) bond motifs is 1. The summed E-state index contributed by atoms with van der Waals surface area (Å²) in [5.41, 5.74) is -1.09. The quantitative estimate of drug-likeness (QED) is 0.362. The number of benzene rings is 1. The van der Waals surface area contributed by atoms with Gasteiger partial charge in [0.05, 0.1) is 16.1 Å². The van der Waals surface area contributed by atoms with Gasteiger partial charge in [-0.3, -0.25) is 19.7 Å². The second kappa shape index (κ2) is 4.07. The number of non-ortho nitro benzene ring substituents is 1. The summed E-state index contributed by atoms with van der Waals surface area (Å²) in [7, 11) is 0. The Morgan fingerprint density at radius 3 is 2.26 bits per heavy atom. The van der Waals surface area contributed by atoms with Crippen molar-refractivity contribution >= 4 is 24.5 Å². The molecule has 0 aliphatic carbocycles. The van der Waals surface area contributed by atoms with Crippen LogP contribution in [0.25, 0.3) is 0 Å². The molecule has 0 saturated carbocycles. The Bertz CT molecular complexity index is 602. The van der Waals surface area contributed by atoms with Crippen LogP contribution in [-0.4, -0.2) is 35.1 Å². The number of nitro benzene ring substituents is 1. The molecule has 1 aliphatic heterocycles. The molecular weight excluding hydrogens is 268 g/mol. The Morgan fingerprint density at radius 2 is 1.74 bits per heavy atom. The molecular formula is C9H5BF3N2O4-. The predicted molar refractivity (Wildman–Crippen MR) is 57.5 cm³/mol. The summed E-state index contributed by atoms with van der Waals surface area (Å²) in [6.45, 7) is -5.36. The Labute approximate surface area is 104 Å². The summed E-state index contributed by atoms with van der Waals surface area (Å²) in [5, 5.41) is 10.5. The number of nitrogens with zero attached hydrogens (tertiary/aromatic N) is 2. The van der Waals surface area contributed by atoms with Crippen molar-refractivity contribution in [3.63, 3.8) is 0 Å². The lowest BCUT2D eigenvalue weighted by Gasteiger charge is -2.21. The molecule has 2 amide bonds. The highest BCUT2D eigenvalue weighted by atomic mass is 19.4. The molecule has 0 atom stereocenters. The standard InChI is InChI=1S/C9H5BF3N2O4/c11-10(12,13)4-14-8(16)6-2-1-5(15(18)19)3-7(6)9(14)17/h1-3H,4H2/q-1. The molecule has 0 fully saturated rings. The maximum absolute atomic E-state index is 12.3. The van der Waals surface area contributed by atoms with Crippen molar-refractivity contribution in [2.45, 2.75) is 0 Å². The number of amides is 2. The minimum absolute atomic E-state index is 0.0500. The average Bonchev–Trinajstić information content (AvgIpc) is 2.52. The van der Waals surface area contributed by atoms with Crippen molar-refractivity contribution in [1.82, 2.24) is 4.90 Å². The van der Waals surface area contributed by atoms with E-state index >= 15 is 0 Å². The van der Waals surface area contributed by atoms with Gasteiger partial charge in [0.2, 0.25) is 0 Å². The van der Waals surface area contributed by atoms with E-state index in [4.69, 9.17) is 0 Å². The maximum atomic E-state index is 12.3. The third-order valence-corrected chi connectivity index (χ3v) is 2.55. The minimum Gasteiger partial charge on any atom is -0.448 e. The van der Waals surface area contributed by atoms with E-state index in [0.717, 1.165) is 18.2 Å². The number of carbonyl (C=O) groups excluding carboxylic acids is 2. The van der Waals surface area contributed by atoms with Crippen LogP contribution in [0.15, 0.2) is 18.2 Å². The SMILES string of the molecule is O=C1c2ccc([N+](=O)[O-])cc2C(=O)N1C[B-](F)(F)F. The molecule has 0 bridgehead atoms. The number of imide groups is 1. The highest BCUT2D eigenvalue weighted by molar-refractivity contribution is 6.59. The molecule has 19 heavy (non-hydrogen) atoms. The van der Waals surface area contributed by atoms with Crippen LogP contribution in [0.4, 0.5) is 18.6 Å². The van der Waals surface area contributed by atoms with Crippen LogP contribution in [0, 0.1) is 10.1 Å². The van der Waals surface area contributed by atoms with E-state index in [1.165, 1.54) is 0 Å². The van der Waals surface area contributed by atoms with Crippen LogP contribution in [0.2, 0.25) is 0 Å². The smallest absolute Gasteiger partial charge is 0.448 e. The monoisotopic (exact) mass is 273 g/mol. The molecule has 1 aromatic carbocycles. The van der Waals surface area contributed by atoms with Crippen LogP contribution in [0.3, 0.4) is 0 Å². The molecule has 0 unspecified atom stereocenters. The van der Waals surface area contributed by atoms with Gasteiger partial charge in [-0.15, -0.1) is 0 Å². The van der Waals surface area contributed by atoms with E-state index in [9.17, 15) is 32.7 Å². The van der Waals surface area contributed by atoms with E-state index in [-0.39, 0.29) is 16.0 Å². The molecule has 0 N–H and O–H groups in total. The van der Waals surface area contributed by atoms with Gasteiger partial charge in [-0.25, -0.2) is 0 Å². The fourth-order valence-electron chi connectivity index (χ4n) is 1.77. The summed E-state index contributed by atoms with van der Waals surface area (Å²) < 4.78 is 36.9. The first-order valence-electron chi connectivity index (χ1n) is 5.06. The minimum atomic E-state index is -5.36. The second-order valence-corrected chi connectivity index (χ2v) is 3.92. The van der Waals surface area contributed by atoms with Gasteiger partial charge in [-0.05, 0) is 12.5 Å². The Hall–Kier alpha value is -2.39. The topological polar surface area (TPSA) is 80.5 Å². The lowest BCUT2D eigenvalue weighted by Crippen LogP contribution is -2.41. The van der Waals surface area contributed by atoms with E-state index in [0.29, 0.717) is 0 Å². The zero-order chi connectivity index (χ0) is 14.4. The molecule has 1 heterocycles. The van der Waals surface area contributed by atoms with Gasteiger partial charge < -0.3 is 17.8 Å². The largest absolute Gasteiger partial charge is 0.497 e. The van der Waals surface area contributed by atoms with Gasteiger partial charge >= 0.3 is 6.98 Å².